The molecule has 0 atom stereocenters. The minimum Gasteiger partial charge on any atom is -0.497 e. The first-order valence-electron chi connectivity index (χ1n) is 45.0. The summed E-state index contributed by atoms with van der Waals surface area (Å²) in [5, 5.41) is 33.7. The maximum atomic E-state index is 11.7. The van der Waals surface area contributed by atoms with Crippen molar-refractivity contribution in [1.82, 2.24) is 108 Å². The molecule has 8 heterocycles. The van der Waals surface area contributed by atoms with E-state index in [4.69, 9.17) is 119 Å². The molecule has 0 aliphatic rings. The van der Waals surface area contributed by atoms with Gasteiger partial charge in [0.15, 0.2) is 40.8 Å². The molecular weight excluding hydrogens is 2060 g/mol. The highest BCUT2D eigenvalue weighted by molar-refractivity contribution is 6.35. The number of hydrogen-bond acceptors (Lipinski definition) is 30. The molecular formula is C105H97Cl7N22O15. The number of aromatic nitrogens is 22. The Labute approximate surface area is 891 Å². The number of rotatable bonds is 30. The zero-order valence-corrected chi connectivity index (χ0v) is 87.0. The van der Waals surface area contributed by atoms with Crippen LogP contribution in [0.4, 0.5) is 0 Å². The number of aryl methyl sites for hydroxylation is 1. The molecule has 0 radical (unpaired) electrons. The minimum atomic E-state index is -0.490. The molecule has 16 aromatic rings. The average Bonchev–Trinajstić information content (AvgIpc) is 1.70. The number of para-hydroxylation sites is 1. The first-order valence-corrected chi connectivity index (χ1v) is 47.7. The Hall–Kier alpha value is -16.8. The van der Waals surface area contributed by atoms with Crippen LogP contribution in [0.2, 0.25) is 35.2 Å². The molecule has 0 saturated carbocycles. The predicted molar refractivity (Wildman–Crippen MR) is 570 cm³/mol. The lowest BCUT2D eigenvalue weighted by molar-refractivity contribution is -0.142. The van der Waals surface area contributed by atoms with Crippen molar-refractivity contribution in [3.63, 3.8) is 0 Å². The Morgan fingerprint density at radius 3 is 0.866 bits per heavy atom. The Balaban J connectivity index is 0.000000178. The van der Waals surface area contributed by atoms with Crippen LogP contribution in [0.3, 0.4) is 0 Å². The number of carbonyl (C=O) groups excluding carboxylic acids is 7. The molecule has 0 N–H and O–H groups in total. The van der Waals surface area contributed by atoms with Crippen LogP contribution in [0, 0.1) is 6.92 Å². The van der Waals surface area contributed by atoms with Crippen molar-refractivity contribution in [2.24, 2.45) is 0 Å². The maximum absolute atomic E-state index is 11.7. The van der Waals surface area contributed by atoms with Crippen LogP contribution in [0.5, 0.6) is 11.5 Å². The number of nitrogens with zero attached hydrogens (tertiary/aromatic N) is 22. The number of benzene rings is 8. The number of ether oxygens (including phenoxy) is 8. The molecule has 0 bridgehead atoms. The molecule has 0 fully saturated rings. The standard InChI is InChI=1S/C17H13ClN4O2.C17H12ClN3O2.C15H16ClN3O3.C15H17N3O2.C14H13Cl2N3O2.C14H14ClN3O2.C13H12ClN3O2/c18-14-5-3-4-13(10-14)17-20-12-22(21-17)9-7-16(23)24-11-15-6-1-2-8-19-15;18-14-6-4-5-13(11-14)17-19-12-21(20-17)10-9-16(22)23-15-7-2-1-3-8-15;1-10(2)22-14(20)4-5-19-9-17-15(18-19)11-6-12(16)8-13(7-11)21-3;1-11(2)20-14(19)7-8-18-10-16-15(17-18)13-6-4-5-12(3)9-13;1-9(2)21-13(20)3-4-19-8-17-14(18-19)10-5-11(15)7-12(16)6-10;1-10(2)20-13(19)6-7-18-9-16-14(17-18)11-4-3-5-12(15)8-11;1-2-19-12(18)6-7-17-9-15-13(16-17)10-4-3-5-11(14)8-10/h1-10,12H,11H2;1-12H;4-10H,1-3H3;4-11H,1-3H3;3-9H,1-2H3;3-10H,1-2H3;3-9H,2H2,1H3/b9-7-;10-9-;5-4-;8-7-;4-3-;2*7-6-. The molecule has 37 nitrogen and oxygen atoms in total. The Morgan fingerprint density at radius 1 is 0.282 bits per heavy atom. The fraction of sp³-hybridized carbons (Fsp3) is 0.162. The molecule has 0 amide bonds. The molecule has 8 aromatic carbocycles. The largest absolute Gasteiger partial charge is 0.497 e. The lowest BCUT2D eigenvalue weighted by Crippen LogP contribution is -2.08. The van der Waals surface area contributed by atoms with E-state index < -0.39 is 41.8 Å². The summed E-state index contributed by atoms with van der Waals surface area (Å²) in [6.07, 6.45) is 31.0. The van der Waals surface area contributed by atoms with E-state index in [1.54, 1.807) is 203 Å². The highest BCUT2D eigenvalue weighted by Crippen LogP contribution is 2.30. The van der Waals surface area contributed by atoms with E-state index in [1.807, 2.05) is 91.9 Å². The zero-order valence-electron chi connectivity index (χ0n) is 81.7. The quantitative estimate of drug-likeness (QED) is 0.0175. The third-order valence-corrected chi connectivity index (χ3v) is 19.5. The summed E-state index contributed by atoms with van der Waals surface area (Å²) < 4.78 is 50.1. The van der Waals surface area contributed by atoms with E-state index in [1.165, 1.54) is 157 Å². The molecule has 0 spiro atoms. The van der Waals surface area contributed by atoms with Gasteiger partial charge in [-0.2, -0.15) is 0 Å². The monoisotopic (exact) mass is 2150 g/mol. The van der Waals surface area contributed by atoms with Crippen molar-refractivity contribution in [2.45, 2.75) is 100 Å². The second-order valence-corrected chi connectivity index (χ2v) is 34.4. The summed E-state index contributed by atoms with van der Waals surface area (Å²) >= 11 is 41.6. The van der Waals surface area contributed by atoms with Crippen LogP contribution < -0.4 is 9.47 Å². The molecule has 0 aliphatic heterocycles. The number of carbonyl (C=O) groups is 7. The summed E-state index contributed by atoms with van der Waals surface area (Å²) in [6, 6.07) is 61.4. The molecule has 16 rings (SSSR count). The van der Waals surface area contributed by atoms with Gasteiger partial charge in [0.25, 0.3) is 0 Å². The zero-order chi connectivity index (χ0) is 107. The average molecular weight is 2160 g/mol. The van der Waals surface area contributed by atoms with Crippen molar-refractivity contribution >= 4 is 166 Å². The number of pyridine rings is 1. The first kappa shape index (κ1) is 114. The summed E-state index contributed by atoms with van der Waals surface area (Å²) in [5.74, 6) is 1.70. The lowest BCUT2D eigenvalue weighted by atomic mass is 10.1. The number of esters is 7. The van der Waals surface area contributed by atoms with Gasteiger partial charge in [0.05, 0.1) is 43.8 Å². The predicted octanol–water partition coefficient (Wildman–Crippen LogP) is 21.9. The highest BCUT2D eigenvalue weighted by Gasteiger charge is 2.16. The van der Waals surface area contributed by atoms with Crippen molar-refractivity contribution < 1.29 is 71.5 Å². The molecule has 766 valence electrons. The van der Waals surface area contributed by atoms with E-state index in [0.717, 1.165) is 38.9 Å². The van der Waals surface area contributed by atoms with Crippen molar-refractivity contribution in [3.05, 3.63) is 346 Å². The number of methoxy groups -OCH3 is 1. The summed E-state index contributed by atoms with van der Waals surface area (Å²) in [5.41, 5.74) is 7.43. The van der Waals surface area contributed by atoms with Crippen LogP contribution in [0.15, 0.2) is 299 Å². The van der Waals surface area contributed by atoms with Gasteiger partial charge < -0.3 is 37.9 Å². The van der Waals surface area contributed by atoms with E-state index in [0.29, 0.717) is 105 Å². The van der Waals surface area contributed by atoms with Gasteiger partial charge in [0.1, 0.15) is 62.4 Å². The van der Waals surface area contributed by atoms with Crippen LogP contribution in [-0.4, -0.2) is 188 Å². The van der Waals surface area contributed by atoms with Gasteiger partial charge in [-0.05, 0) is 184 Å². The van der Waals surface area contributed by atoms with Gasteiger partial charge in [-0.3, -0.25) is 4.98 Å². The van der Waals surface area contributed by atoms with Gasteiger partial charge in [0.2, 0.25) is 0 Å². The van der Waals surface area contributed by atoms with Crippen molar-refractivity contribution in [2.75, 3.05) is 13.7 Å². The SMILES string of the molecule is CC(C)OC(=O)/C=C\n1cnc(-c2cc(Cl)cc(Cl)c2)n1.CC(C)OC(=O)/C=C\n1cnc(-c2cccc(Cl)c2)n1.CCOC(=O)/C=C\n1cnc(-c2cccc(Cl)c2)n1.COc1cc(Cl)cc(-c2ncn(/C=C\C(=O)OC(C)C)n2)c1.Cc1cccc(-c2ncn(/C=C\C(=O)OC(C)C)n2)c1.O=C(/C=C\n1cnc(-c2cccc(Cl)c2)n1)OCc1ccccn1.O=C(/C=C\n1cnc(-c2cccc(Cl)c2)n1)Oc1ccccc1. The lowest BCUT2D eigenvalue weighted by Gasteiger charge is -2.03. The van der Waals surface area contributed by atoms with E-state index >= 15 is 0 Å². The normalized spacial score (nSPS) is 11.0. The molecule has 149 heavy (non-hydrogen) atoms. The molecule has 0 unspecified atom stereocenters. The Morgan fingerprint density at radius 2 is 0.564 bits per heavy atom. The maximum Gasteiger partial charge on any atom is 0.337 e. The van der Waals surface area contributed by atoms with Gasteiger partial charge in [-0.1, -0.05) is 178 Å². The van der Waals surface area contributed by atoms with Crippen LogP contribution in [0.1, 0.15) is 73.6 Å². The van der Waals surface area contributed by atoms with E-state index in [2.05, 4.69) is 75.6 Å². The number of hydrogen-bond donors (Lipinski definition) is 0. The molecule has 44 heteroatoms. The summed E-state index contributed by atoms with van der Waals surface area (Å²) in [4.78, 5) is 113. The Bertz CT molecular complexity index is 7220. The van der Waals surface area contributed by atoms with Crippen molar-refractivity contribution in [3.8, 4) is 91.2 Å². The van der Waals surface area contributed by atoms with Gasteiger partial charge >= 0.3 is 41.8 Å². The number of halogens is 7. The topological polar surface area (TPSA) is 421 Å². The molecule has 0 aliphatic carbocycles. The minimum absolute atomic E-state index is 0.120. The van der Waals surface area contributed by atoms with Gasteiger partial charge in [-0.15, -0.1) is 35.7 Å². The fourth-order valence-electron chi connectivity index (χ4n) is 11.7. The summed E-state index contributed by atoms with van der Waals surface area (Å²) in [6.45, 7) is 18.5. The smallest absolute Gasteiger partial charge is 0.337 e. The Kier molecular flexibility index (Phi) is 45.6. The van der Waals surface area contributed by atoms with E-state index in [9.17, 15) is 33.6 Å². The van der Waals surface area contributed by atoms with Crippen molar-refractivity contribution in [1.29, 1.82) is 0 Å². The van der Waals surface area contributed by atoms with Crippen LogP contribution in [0.25, 0.3) is 123 Å². The van der Waals surface area contributed by atoms with E-state index in [-0.39, 0.29) is 31.0 Å². The third-order valence-electron chi connectivity index (χ3n) is 17.9. The molecule has 8 aromatic heterocycles. The fourth-order valence-corrected chi connectivity index (χ4v) is 13.2. The first-order chi connectivity index (χ1) is 71.6. The molecule has 0 saturated heterocycles. The van der Waals surface area contributed by atoms with Gasteiger partial charge in [0, 0.05) is 166 Å². The van der Waals surface area contributed by atoms with Crippen LogP contribution >= 0.6 is 81.2 Å². The second kappa shape index (κ2) is 59.6. The van der Waals surface area contributed by atoms with Gasteiger partial charge in [-0.25, -0.2) is 101 Å². The second-order valence-electron chi connectivity index (χ2n) is 31.4. The summed E-state index contributed by atoms with van der Waals surface area (Å²) in [7, 11) is 1.56. The van der Waals surface area contributed by atoms with Crippen LogP contribution in [-0.2, 0) is 68.6 Å². The third kappa shape index (κ3) is 41.7. The highest BCUT2D eigenvalue weighted by atomic mass is 35.5.